The summed E-state index contributed by atoms with van der Waals surface area (Å²) in [4.78, 5) is 14.8. The quantitative estimate of drug-likeness (QED) is 0.655. The lowest BCUT2D eigenvalue weighted by atomic mass is 9.95. The second-order valence-electron chi connectivity index (χ2n) is 7.38. The standard InChI is InChI=1S/C23H26N4O2/c1-2-29-23(28)22-18(14-27(25-22)19-11-7-4-8-12-19)13-26-15-20(21(24)16-26)17-9-5-3-6-10-17/h3-12,14,20-21H,2,13,15-16,24H2,1H3/t20-,21+/m0/s1. The Kier molecular flexibility index (Phi) is 5.74. The van der Waals surface area contributed by atoms with Gasteiger partial charge in [0.2, 0.25) is 0 Å². The minimum absolute atomic E-state index is 0.0626. The Morgan fingerprint density at radius 2 is 1.79 bits per heavy atom. The van der Waals surface area contributed by atoms with E-state index < -0.39 is 0 Å². The predicted molar refractivity (Wildman–Crippen MR) is 112 cm³/mol. The number of benzene rings is 2. The smallest absolute Gasteiger partial charge is 0.359 e. The molecule has 2 heterocycles. The molecule has 1 aliphatic rings. The molecule has 0 spiro atoms. The molecular weight excluding hydrogens is 364 g/mol. The molecule has 6 nitrogen and oxygen atoms in total. The third-order valence-electron chi connectivity index (χ3n) is 5.34. The number of nitrogens with zero attached hydrogens (tertiary/aromatic N) is 3. The average Bonchev–Trinajstić information content (AvgIpc) is 3.33. The molecule has 0 amide bonds. The summed E-state index contributed by atoms with van der Waals surface area (Å²) in [6.07, 6.45) is 1.92. The fraction of sp³-hybridized carbons (Fsp3) is 0.304. The molecule has 3 aromatic rings. The Balaban J connectivity index is 1.57. The Labute approximate surface area is 170 Å². The molecule has 4 rings (SSSR count). The van der Waals surface area contributed by atoms with E-state index in [1.54, 1.807) is 11.6 Å². The van der Waals surface area contributed by atoms with E-state index in [1.165, 1.54) is 5.56 Å². The van der Waals surface area contributed by atoms with Gasteiger partial charge in [-0.3, -0.25) is 4.90 Å². The van der Waals surface area contributed by atoms with Gasteiger partial charge < -0.3 is 10.5 Å². The summed E-state index contributed by atoms with van der Waals surface area (Å²) in [5, 5.41) is 4.52. The number of aromatic nitrogens is 2. The summed E-state index contributed by atoms with van der Waals surface area (Å²) in [5.74, 6) is -0.105. The van der Waals surface area contributed by atoms with E-state index in [4.69, 9.17) is 10.5 Å². The molecule has 1 saturated heterocycles. The number of carbonyl (C=O) groups is 1. The predicted octanol–water partition coefficient (Wildman–Crippen LogP) is 2.98. The number of carbonyl (C=O) groups excluding carboxylic acids is 1. The van der Waals surface area contributed by atoms with Crippen molar-refractivity contribution in [3.63, 3.8) is 0 Å². The van der Waals surface area contributed by atoms with Crippen molar-refractivity contribution in [1.29, 1.82) is 0 Å². The Morgan fingerprint density at radius 1 is 1.10 bits per heavy atom. The monoisotopic (exact) mass is 390 g/mol. The van der Waals surface area contributed by atoms with Gasteiger partial charge >= 0.3 is 5.97 Å². The van der Waals surface area contributed by atoms with Crippen LogP contribution in [0, 0.1) is 0 Å². The first-order chi connectivity index (χ1) is 14.2. The normalized spacial score (nSPS) is 19.4. The molecule has 1 aromatic heterocycles. The van der Waals surface area contributed by atoms with Gasteiger partial charge in [-0.2, -0.15) is 5.10 Å². The maximum Gasteiger partial charge on any atom is 0.359 e. The van der Waals surface area contributed by atoms with Crippen LogP contribution in [0.2, 0.25) is 0 Å². The van der Waals surface area contributed by atoms with Gasteiger partial charge in [-0.1, -0.05) is 48.5 Å². The van der Waals surface area contributed by atoms with Crippen LogP contribution >= 0.6 is 0 Å². The van der Waals surface area contributed by atoms with Crippen LogP contribution in [0.4, 0.5) is 0 Å². The van der Waals surface area contributed by atoms with Crippen molar-refractivity contribution in [1.82, 2.24) is 14.7 Å². The Hall–Kier alpha value is -2.96. The first kappa shape index (κ1) is 19.4. The topological polar surface area (TPSA) is 73.4 Å². The third-order valence-corrected chi connectivity index (χ3v) is 5.34. The third kappa shape index (κ3) is 4.23. The Morgan fingerprint density at radius 3 is 2.48 bits per heavy atom. The van der Waals surface area contributed by atoms with Crippen LogP contribution in [0.25, 0.3) is 5.69 Å². The van der Waals surface area contributed by atoms with E-state index >= 15 is 0 Å². The van der Waals surface area contributed by atoms with Crippen molar-refractivity contribution in [2.24, 2.45) is 5.73 Å². The van der Waals surface area contributed by atoms with Gasteiger partial charge in [0.05, 0.1) is 12.3 Å². The van der Waals surface area contributed by atoms with E-state index in [-0.39, 0.29) is 17.9 Å². The van der Waals surface area contributed by atoms with Crippen LogP contribution in [0.1, 0.15) is 34.5 Å². The van der Waals surface area contributed by atoms with Crippen molar-refractivity contribution >= 4 is 5.97 Å². The van der Waals surface area contributed by atoms with E-state index in [1.807, 2.05) is 54.7 Å². The van der Waals surface area contributed by atoms with Crippen LogP contribution in [-0.2, 0) is 11.3 Å². The molecule has 0 radical (unpaired) electrons. The largest absolute Gasteiger partial charge is 0.461 e. The van der Waals surface area contributed by atoms with Gasteiger partial charge in [0.15, 0.2) is 5.69 Å². The zero-order valence-electron chi connectivity index (χ0n) is 16.6. The van der Waals surface area contributed by atoms with Crippen molar-refractivity contribution in [2.45, 2.75) is 25.4 Å². The SMILES string of the molecule is CCOC(=O)c1nn(-c2ccccc2)cc1CN1C[C@@H](N)[C@H](c2ccccc2)C1. The first-order valence-corrected chi connectivity index (χ1v) is 9.99. The van der Waals surface area contributed by atoms with E-state index in [2.05, 4.69) is 22.1 Å². The number of para-hydroxylation sites is 1. The lowest BCUT2D eigenvalue weighted by Crippen LogP contribution is -2.28. The van der Waals surface area contributed by atoms with Crippen LogP contribution < -0.4 is 5.73 Å². The van der Waals surface area contributed by atoms with Gasteiger partial charge in [0, 0.05) is 43.4 Å². The van der Waals surface area contributed by atoms with Crippen LogP contribution in [0.15, 0.2) is 66.9 Å². The minimum atomic E-state index is -0.389. The number of likely N-dealkylation sites (tertiary alicyclic amines) is 1. The average molecular weight is 390 g/mol. The highest BCUT2D eigenvalue weighted by molar-refractivity contribution is 5.88. The summed E-state index contributed by atoms with van der Waals surface area (Å²) >= 11 is 0. The zero-order valence-corrected chi connectivity index (χ0v) is 16.6. The van der Waals surface area contributed by atoms with Crippen molar-refractivity contribution < 1.29 is 9.53 Å². The van der Waals surface area contributed by atoms with Gasteiger partial charge in [0.25, 0.3) is 0 Å². The molecule has 0 aliphatic carbocycles. The molecule has 1 fully saturated rings. The van der Waals surface area contributed by atoms with Crippen LogP contribution in [-0.4, -0.2) is 46.4 Å². The highest BCUT2D eigenvalue weighted by Crippen LogP contribution is 2.28. The van der Waals surface area contributed by atoms with Crippen LogP contribution in [0.3, 0.4) is 0 Å². The van der Waals surface area contributed by atoms with Gasteiger partial charge in [-0.15, -0.1) is 0 Å². The van der Waals surface area contributed by atoms with Crippen molar-refractivity contribution in [3.05, 3.63) is 83.7 Å². The maximum absolute atomic E-state index is 12.5. The molecule has 1 aliphatic heterocycles. The second-order valence-corrected chi connectivity index (χ2v) is 7.38. The first-order valence-electron chi connectivity index (χ1n) is 9.99. The number of rotatable bonds is 6. The zero-order chi connectivity index (χ0) is 20.2. The van der Waals surface area contributed by atoms with Crippen LogP contribution in [0.5, 0.6) is 0 Å². The molecule has 2 N–H and O–H groups in total. The summed E-state index contributed by atoms with van der Waals surface area (Å²) in [6, 6.07) is 20.2. The van der Waals surface area contributed by atoms with Gasteiger partial charge in [-0.25, -0.2) is 9.48 Å². The number of nitrogens with two attached hydrogens (primary N) is 1. The van der Waals surface area contributed by atoms with E-state index in [0.717, 1.165) is 24.3 Å². The molecule has 29 heavy (non-hydrogen) atoms. The number of hydrogen-bond acceptors (Lipinski definition) is 5. The minimum Gasteiger partial charge on any atom is -0.461 e. The van der Waals surface area contributed by atoms with Crippen molar-refractivity contribution in [3.8, 4) is 5.69 Å². The lowest BCUT2D eigenvalue weighted by Gasteiger charge is -2.15. The molecule has 0 bridgehead atoms. The molecule has 0 unspecified atom stereocenters. The van der Waals surface area contributed by atoms with Gasteiger partial charge in [0.1, 0.15) is 0 Å². The molecular formula is C23H26N4O2. The Bertz CT molecular complexity index is 956. The second kappa shape index (κ2) is 8.59. The summed E-state index contributed by atoms with van der Waals surface area (Å²) in [5.41, 5.74) is 9.83. The molecule has 2 atom stereocenters. The van der Waals surface area contributed by atoms with E-state index in [0.29, 0.717) is 18.8 Å². The highest BCUT2D eigenvalue weighted by atomic mass is 16.5. The number of esters is 1. The molecule has 0 saturated carbocycles. The lowest BCUT2D eigenvalue weighted by molar-refractivity contribution is 0.0516. The summed E-state index contributed by atoms with van der Waals surface area (Å²) in [6.45, 7) is 4.36. The fourth-order valence-corrected chi connectivity index (χ4v) is 3.95. The van der Waals surface area contributed by atoms with E-state index in [9.17, 15) is 4.79 Å². The fourth-order valence-electron chi connectivity index (χ4n) is 3.95. The maximum atomic E-state index is 12.5. The van der Waals surface area contributed by atoms with Gasteiger partial charge in [-0.05, 0) is 24.6 Å². The van der Waals surface area contributed by atoms with Crippen molar-refractivity contribution in [2.75, 3.05) is 19.7 Å². The summed E-state index contributed by atoms with van der Waals surface area (Å²) in [7, 11) is 0. The molecule has 6 heteroatoms. The molecule has 2 aromatic carbocycles. The molecule has 150 valence electrons. The number of ether oxygens (including phenoxy) is 1. The number of hydrogen-bond donors (Lipinski definition) is 1. The highest BCUT2D eigenvalue weighted by Gasteiger charge is 2.32. The summed E-state index contributed by atoms with van der Waals surface area (Å²) < 4.78 is 6.98.